The van der Waals surface area contributed by atoms with Crippen molar-refractivity contribution in [2.75, 3.05) is 0 Å². The van der Waals surface area contributed by atoms with Crippen molar-refractivity contribution in [3.63, 3.8) is 0 Å². The molecule has 1 N–H and O–H groups in total. The molecule has 4 unspecified atom stereocenters. The molecule has 0 radical (unpaired) electrons. The molecule has 1 heteroatoms. The molecule has 16 heavy (non-hydrogen) atoms. The Balaban J connectivity index is 2.13. The van der Waals surface area contributed by atoms with E-state index in [1.807, 2.05) is 0 Å². The van der Waals surface area contributed by atoms with Crippen LogP contribution < -0.4 is 0 Å². The second kappa shape index (κ2) is 5.08. The molecule has 2 rings (SSSR count). The molecule has 0 aliphatic heterocycles. The molecule has 0 bridgehead atoms. The van der Waals surface area contributed by atoms with Gasteiger partial charge in [-0.05, 0) is 37.0 Å². The third-order valence-corrected chi connectivity index (χ3v) is 5.41. The minimum atomic E-state index is -0.296. The molecule has 2 aliphatic rings. The molecule has 2 aliphatic carbocycles. The van der Waals surface area contributed by atoms with Gasteiger partial charge in [0.1, 0.15) is 0 Å². The Kier molecular flexibility index (Phi) is 3.94. The van der Waals surface area contributed by atoms with Crippen molar-refractivity contribution in [3.05, 3.63) is 0 Å². The van der Waals surface area contributed by atoms with Crippen LogP contribution in [0.1, 0.15) is 71.6 Å². The van der Waals surface area contributed by atoms with Gasteiger partial charge < -0.3 is 5.11 Å². The number of aliphatic hydroxyl groups is 1. The van der Waals surface area contributed by atoms with Crippen molar-refractivity contribution >= 4 is 0 Å². The topological polar surface area (TPSA) is 20.2 Å². The standard InChI is InChI=1S/C15H28O/c1-3-12-8-5-6-10-14(12)15(16)11-7-9-13(15)4-2/h12-14,16H,3-11H2,1-2H3. The molecule has 4 atom stereocenters. The fourth-order valence-corrected chi connectivity index (χ4v) is 4.49. The molecule has 0 heterocycles. The molecule has 1 nitrogen and oxygen atoms in total. The molecule has 0 aromatic carbocycles. The van der Waals surface area contributed by atoms with Gasteiger partial charge in [-0.2, -0.15) is 0 Å². The van der Waals surface area contributed by atoms with Crippen molar-refractivity contribution in [2.24, 2.45) is 17.8 Å². The predicted molar refractivity (Wildman–Crippen MR) is 68.3 cm³/mol. The fraction of sp³-hybridized carbons (Fsp3) is 1.00. The number of hydrogen-bond acceptors (Lipinski definition) is 1. The third-order valence-electron chi connectivity index (χ3n) is 5.41. The average Bonchev–Trinajstić information content (AvgIpc) is 2.71. The van der Waals surface area contributed by atoms with Gasteiger partial charge in [-0.1, -0.05) is 52.4 Å². The van der Waals surface area contributed by atoms with Crippen molar-refractivity contribution < 1.29 is 5.11 Å². The zero-order valence-electron chi connectivity index (χ0n) is 11.0. The van der Waals surface area contributed by atoms with Crippen LogP contribution >= 0.6 is 0 Å². The van der Waals surface area contributed by atoms with E-state index in [1.165, 1.54) is 51.4 Å². The molecule has 0 saturated heterocycles. The summed E-state index contributed by atoms with van der Waals surface area (Å²) in [5.74, 6) is 1.99. The Labute approximate surface area is 101 Å². The zero-order chi connectivity index (χ0) is 11.6. The highest BCUT2D eigenvalue weighted by Gasteiger charge is 2.48. The summed E-state index contributed by atoms with van der Waals surface area (Å²) in [6, 6.07) is 0. The molecular weight excluding hydrogens is 196 g/mol. The summed E-state index contributed by atoms with van der Waals surface area (Å²) in [5, 5.41) is 11.1. The van der Waals surface area contributed by atoms with E-state index in [9.17, 15) is 5.11 Å². The van der Waals surface area contributed by atoms with E-state index in [4.69, 9.17) is 0 Å². The summed E-state index contributed by atoms with van der Waals surface area (Å²) >= 11 is 0. The summed E-state index contributed by atoms with van der Waals surface area (Å²) in [6.45, 7) is 4.56. The summed E-state index contributed by atoms with van der Waals surface area (Å²) < 4.78 is 0. The highest BCUT2D eigenvalue weighted by atomic mass is 16.3. The molecule has 94 valence electrons. The van der Waals surface area contributed by atoms with Crippen LogP contribution in [0.4, 0.5) is 0 Å². The number of rotatable bonds is 3. The molecule has 2 fully saturated rings. The zero-order valence-corrected chi connectivity index (χ0v) is 11.0. The van der Waals surface area contributed by atoms with Gasteiger partial charge in [0, 0.05) is 0 Å². The first kappa shape index (κ1) is 12.4. The largest absolute Gasteiger partial charge is 0.389 e. The highest BCUT2D eigenvalue weighted by molar-refractivity contribution is 4.99. The van der Waals surface area contributed by atoms with Crippen LogP contribution in [0.15, 0.2) is 0 Å². The van der Waals surface area contributed by atoms with Crippen molar-refractivity contribution in [1.29, 1.82) is 0 Å². The smallest absolute Gasteiger partial charge is 0.0706 e. The lowest BCUT2D eigenvalue weighted by Crippen LogP contribution is -2.46. The minimum Gasteiger partial charge on any atom is -0.389 e. The van der Waals surface area contributed by atoms with Crippen LogP contribution in [-0.2, 0) is 0 Å². The van der Waals surface area contributed by atoms with Gasteiger partial charge in [0.15, 0.2) is 0 Å². The van der Waals surface area contributed by atoms with Crippen LogP contribution in [0.2, 0.25) is 0 Å². The quantitative estimate of drug-likeness (QED) is 0.763. The molecule has 0 aromatic rings. The average molecular weight is 224 g/mol. The van der Waals surface area contributed by atoms with Gasteiger partial charge in [0.05, 0.1) is 5.60 Å². The van der Waals surface area contributed by atoms with Gasteiger partial charge in [0.2, 0.25) is 0 Å². The highest BCUT2D eigenvalue weighted by Crippen LogP contribution is 2.50. The maximum atomic E-state index is 11.1. The Bertz CT molecular complexity index is 225. The molecule has 0 spiro atoms. The lowest BCUT2D eigenvalue weighted by Gasteiger charge is -2.44. The van der Waals surface area contributed by atoms with E-state index in [2.05, 4.69) is 13.8 Å². The fourth-order valence-electron chi connectivity index (χ4n) is 4.49. The lowest BCUT2D eigenvalue weighted by atomic mass is 9.65. The first-order chi connectivity index (χ1) is 7.72. The van der Waals surface area contributed by atoms with Gasteiger partial charge in [-0.15, -0.1) is 0 Å². The summed E-state index contributed by atoms with van der Waals surface area (Å²) in [6.07, 6.45) is 11.4. The Hall–Kier alpha value is -0.0400. The van der Waals surface area contributed by atoms with Crippen LogP contribution in [0.25, 0.3) is 0 Å². The number of hydrogen-bond donors (Lipinski definition) is 1. The monoisotopic (exact) mass is 224 g/mol. The molecule has 2 saturated carbocycles. The van der Waals surface area contributed by atoms with Crippen molar-refractivity contribution in [2.45, 2.75) is 77.2 Å². The van der Waals surface area contributed by atoms with Crippen LogP contribution in [0.5, 0.6) is 0 Å². The predicted octanol–water partition coefficient (Wildman–Crippen LogP) is 4.14. The van der Waals surface area contributed by atoms with Crippen molar-refractivity contribution in [3.8, 4) is 0 Å². The van der Waals surface area contributed by atoms with E-state index in [1.54, 1.807) is 0 Å². The second-order valence-corrected chi connectivity index (χ2v) is 6.05. The third kappa shape index (κ3) is 2.03. The normalized spacial score (nSPS) is 44.8. The van der Waals surface area contributed by atoms with E-state index in [0.717, 1.165) is 12.3 Å². The van der Waals surface area contributed by atoms with E-state index in [0.29, 0.717) is 11.8 Å². The maximum absolute atomic E-state index is 11.1. The SMILES string of the molecule is CCC1CCCCC1C1(O)CCCC1CC. The second-order valence-electron chi connectivity index (χ2n) is 6.05. The first-order valence-corrected chi connectivity index (χ1v) is 7.44. The van der Waals surface area contributed by atoms with E-state index < -0.39 is 0 Å². The van der Waals surface area contributed by atoms with Gasteiger partial charge in [-0.25, -0.2) is 0 Å². The minimum absolute atomic E-state index is 0.296. The molecule has 0 aromatic heterocycles. The molecular formula is C15H28O. The Morgan fingerprint density at radius 3 is 2.44 bits per heavy atom. The Morgan fingerprint density at radius 1 is 1.00 bits per heavy atom. The summed E-state index contributed by atoms with van der Waals surface area (Å²) in [7, 11) is 0. The van der Waals surface area contributed by atoms with Crippen LogP contribution in [-0.4, -0.2) is 10.7 Å². The summed E-state index contributed by atoms with van der Waals surface area (Å²) in [5.41, 5.74) is -0.296. The van der Waals surface area contributed by atoms with Crippen LogP contribution in [0.3, 0.4) is 0 Å². The Morgan fingerprint density at radius 2 is 1.75 bits per heavy atom. The molecule has 0 amide bonds. The van der Waals surface area contributed by atoms with Gasteiger partial charge in [0.25, 0.3) is 0 Å². The van der Waals surface area contributed by atoms with E-state index in [-0.39, 0.29) is 5.60 Å². The summed E-state index contributed by atoms with van der Waals surface area (Å²) in [4.78, 5) is 0. The van der Waals surface area contributed by atoms with E-state index >= 15 is 0 Å². The lowest BCUT2D eigenvalue weighted by molar-refractivity contribution is -0.0867. The van der Waals surface area contributed by atoms with Crippen LogP contribution in [0, 0.1) is 17.8 Å². The first-order valence-electron chi connectivity index (χ1n) is 7.44. The van der Waals surface area contributed by atoms with Gasteiger partial charge in [-0.3, -0.25) is 0 Å². The van der Waals surface area contributed by atoms with Crippen molar-refractivity contribution in [1.82, 2.24) is 0 Å². The van der Waals surface area contributed by atoms with Gasteiger partial charge >= 0.3 is 0 Å². The maximum Gasteiger partial charge on any atom is 0.0706 e.